The smallest absolute Gasteiger partial charge is 0.328 e. The van der Waals surface area contributed by atoms with Gasteiger partial charge in [0, 0.05) is 12.7 Å². The fourth-order valence-electron chi connectivity index (χ4n) is 1.45. The first-order valence-corrected chi connectivity index (χ1v) is 5.49. The summed E-state index contributed by atoms with van der Waals surface area (Å²) in [6.07, 6.45) is 4.47. The van der Waals surface area contributed by atoms with Gasteiger partial charge in [-0.25, -0.2) is 9.67 Å². The van der Waals surface area contributed by atoms with E-state index < -0.39 is 5.97 Å². The molecule has 0 saturated carbocycles. The van der Waals surface area contributed by atoms with Crippen LogP contribution in [0.2, 0.25) is 0 Å². The first-order valence-electron chi connectivity index (χ1n) is 5.49. The van der Waals surface area contributed by atoms with Gasteiger partial charge in [-0.1, -0.05) is 0 Å². The molecule has 96 valence electrons. The monoisotopic (exact) mass is 250 g/mol. The molecule has 0 radical (unpaired) electrons. The van der Waals surface area contributed by atoms with Crippen molar-refractivity contribution in [2.75, 3.05) is 5.73 Å². The molecule has 2 N–H and O–H groups in total. The molecule has 2 rings (SSSR count). The van der Waals surface area contributed by atoms with Gasteiger partial charge in [0.05, 0.1) is 11.9 Å². The lowest BCUT2D eigenvalue weighted by atomic mass is 10.6. The maximum Gasteiger partial charge on any atom is 0.328 e. The van der Waals surface area contributed by atoms with Crippen LogP contribution >= 0.6 is 0 Å². The minimum Gasteiger partial charge on any atom is -0.456 e. The van der Waals surface area contributed by atoms with E-state index >= 15 is 0 Å². The average Bonchev–Trinajstić information content (AvgIpc) is 2.95. The van der Waals surface area contributed by atoms with Crippen molar-refractivity contribution in [3.8, 4) is 0 Å². The molecular weight excluding hydrogens is 236 g/mol. The summed E-state index contributed by atoms with van der Waals surface area (Å²) in [6.45, 7) is 2.75. The number of esters is 1. The SMILES string of the molecule is CCn1ncnc1COC(=O)Cn1cc(N)cn1. The zero-order valence-corrected chi connectivity index (χ0v) is 9.98. The normalized spacial score (nSPS) is 10.5. The van der Waals surface area contributed by atoms with E-state index in [0.717, 1.165) is 0 Å². The van der Waals surface area contributed by atoms with Crippen LogP contribution in [0.3, 0.4) is 0 Å². The van der Waals surface area contributed by atoms with E-state index in [1.165, 1.54) is 17.2 Å². The third-order valence-electron chi connectivity index (χ3n) is 2.30. The maximum atomic E-state index is 11.5. The second kappa shape index (κ2) is 5.30. The third-order valence-corrected chi connectivity index (χ3v) is 2.30. The van der Waals surface area contributed by atoms with E-state index in [-0.39, 0.29) is 13.2 Å². The molecule has 0 aromatic carbocycles. The van der Waals surface area contributed by atoms with Gasteiger partial charge in [-0.3, -0.25) is 9.48 Å². The Balaban J connectivity index is 1.85. The molecule has 0 bridgehead atoms. The highest BCUT2D eigenvalue weighted by Crippen LogP contribution is 2.00. The van der Waals surface area contributed by atoms with Gasteiger partial charge in [0.2, 0.25) is 0 Å². The van der Waals surface area contributed by atoms with Gasteiger partial charge in [-0.05, 0) is 6.92 Å². The Morgan fingerprint density at radius 2 is 2.33 bits per heavy atom. The van der Waals surface area contributed by atoms with E-state index in [1.807, 2.05) is 6.92 Å². The van der Waals surface area contributed by atoms with Crippen LogP contribution in [0.4, 0.5) is 5.69 Å². The molecule has 0 atom stereocenters. The van der Waals surface area contributed by atoms with Gasteiger partial charge >= 0.3 is 5.97 Å². The number of ether oxygens (including phenoxy) is 1. The van der Waals surface area contributed by atoms with Crippen molar-refractivity contribution in [1.29, 1.82) is 0 Å². The molecule has 0 aliphatic heterocycles. The van der Waals surface area contributed by atoms with E-state index in [4.69, 9.17) is 10.5 Å². The Bertz CT molecular complexity index is 532. The van der Waals surface area contributed by atoms with Crippen LogP contribution in [-0.2, 0) is 29.2 Å². The van der Waals surface area contributed by atoms with Gasteiger partial charge < -0.3 is 10.5 Å². The minimum absolute atomic E-state index is 0.0253. The molecule has 8 heteroatoms. The van der Waals surface area contributed by atoms with Crippen molar-refractivity contribution in [1.82, 2.24) is 24.5 Å². The van der Waals surface area contributed by atoms with Gasteiger partial charge in [0.1, 0.15) is 12.9 Å². The van der Waals surface area contributed by atoms with Crippen LogP contribution in [0.1, 0.15) is 12.7 Å². The van der Waals surface area contributed by atoms with Crippen molar-refractivity contribution in [3.63, 3.8) is 0 Å². The van der Waals surface area contributed by atoms with Crippen molar-refractivity contribution < 1.29 is 9.53 Å². The van der Waals surface area contributed by atoms with Gasteiger partial charge in [-0.2, -0.15) is 10.2 Å². The predicted molar refractivity (Wildman–Crippen MR) is 62.1 cm³/mol. The molecule has 0 amide bonds. The summed E-state index contributed by atoms with van der Waals surface area (Å²) in [5.74, 6) is 0.217. The molecule has 2 aromatic heterocycles. The number of hydrogen-bond acceptors (Lipinski definition) is 6. The number of aromatic nitrogens is 5. The zero-order valence-electron chi connectivity index (χ0n) is 9.98. The quantitative estimate of drug-likeness (QED) is 0.739. The minimum atomic E-state index is -0.399. The molecule has 18 heavy (non-hydrogen) atoms. The number of anilines is 1. The van der Waals surface area contributed by atoms with Crippen LogP contribution in [0.5, 0.6) is 0 Å². The zero-order chi connectivity index (χ0) is 13.0. The number of carbonyl (C=O) groups is 1. The maximum absolute atomic E-state index is 11.5. The van der Waals surface area contributed by atoms with Gasteiger partial charge in [0.25, 0.3) is 0 Å². The van der Waals surface area contributed by atoms with Crippen LogP contribution in [0.25, 0.3) is 0 Å². The Kier molecular flexibility index (Phi) is 3.56. The first-order chi connectivity index (χ1) is 8.69. The molecule has 2 aromatic rings. The number of nitrogens with zero attached hydrogens (tertiary/aromatic N) is 5. The lowest BCUT2D eigenvalue weighted by Gasteiger charge is -2.05. The van der Waals surface area contributed by atoms with Crippen molar-refractivity contribution in [2.45, 2.75) is 26.6 Å². The molecule has 0 saturated heterocycles. The number of nitrogen functional groups attached to an aromatic ring is 1. The van der Waals surface area contributed by atoms with E-state index in [1.54, 1.807) is 10.9 Å². The summed E-state index contributed by atoms with van der Waals surface area (Å²) in [5, 5.41) is 7.87. The fraction of sp³-hybridized carbons (Fsp3) is 0.400. The Labute approximate surface area is 103 Å². The summed E-state index contributed by atoms with van der Waals surface area (Å²) in [7, 11) is 0. The van der Waals surface area contributed by atoms with Crippen LogP contribution in [0.15, 0.2) is 18.7 Å². The second-order valence-corrected chi connectivity index (χ2v) is 3.62. The summed E-state index contributed by atoms with van der Waals surface area (Å²) >= 11 is 0. The number of rotatable bonds is 5. The number of carbonyl (C=O) groups excluding carboxylic acids is 1. The lowest BCUT2D eigenvalue weighted by molar-refractivity contribution is -0.146. The molecular formula is C10H14N6O2. The molecule has 8 nitrogen and oxygen atoms in total. The van der Waals surface area contributed by atoms with Crippen LogP contribution in [0, 0.1) is 0 Å². The largest absolute Gasteiger partial charge is 0.456 e. The summed E-state index contributed by atoms with van der Waals surface area (Å²) < 4.78 is 8.16. The number of nitrogens with two attached hydrogens (primary N) is 1. The van der Waals surface area contributed by atoms with E-state index in [2.05, 4.69) is 15.2 Å². The molecule has 0 unspecified atom stereocenters. The van der Waals surface area contributed by atoms with E-state index in [9.17, 15) is 4.79 Å². The molecule has 0 aliphatic rings. The van der Waals surface area contributed by atoms with Gasteiger partial charge in [0.15, 0.2) is 12.4 Å². The van der Waals surface area contributed by atoms with Crippen LogP contribution in [-0.4, -0.2) is 30.5 Å². The number of hydrogen-bond donors (Lipinski definition) is 1. The van der Waals surface area contributed by atoms with Crippen molar-refractivity contribution in [3.05, 3.63) is 24.5 Å². The van der Waals surface area contributed by atoms with Gasteiger partial charge in [-0.15, -0.1) is 0 Å². The Morgan fingerprint density at radius 3 is 3.00 bits per heavy atom. The Hall–Kier alpha value is -2.38. The average molecular weight is 250 g/mol. The highest BCUT2D eigenvalue weighted by molar-refractivity contribution is 5.69. The Morgan fingerprint density at radius 1 is 1.50 bits per heavy atom. The topological polar surface area (TPSA) is 101 Å². The molecule has 2 heterocycles. The predicted octanol–water partition coefficient (Wildman–Crippen LogP) is -0.180. The van der Waals surface area contributed by atoms with Crippen LogP contribution < -0.4 is 5.73 Å². The molecule has 0 fully saturated rings. The highest BCUT2D eigenvalue weighted by atomic mass is 16.5. The fourth-order valence-corrected chi connectivity index (χ4v) is 1.45. The van der Waals surface area contributed by atoms with Crippen molar-refractivity contribution in [2.24, 2.45) is 0 Å². The summed E-state index contributed by atoms with van der Waals surface area (Å²) in [5.41, 5.74) is 5.99. The highest BCUT2D eigenvalue weighted by Gasteiger charge is 2.08. The lowest BCUT2D eigenvalue weighted by Crippen LogP contribution is -2.15. The molecule has 0 spiro atoms. The second-order valence-electron chi connectivity index (χ2n) is 3.62. The first kappa shape index (κ1) is 12.1. The summed E-state index contributed by atoms with van der Waals surface area (Å²) in [4.78, 5) is 15.5. The third kappa shape index (κ3) is 2.84. The summed E-state index contributed by atoms with van der Waals surface area (Å²) in [6, 6.07) is 0. The van der Waals surface area contributed by atoms with E-state index in [0.29, 0.717) is 18.1 Å². The standard InChI is InChI=1S/C10H14N6O2/c1-2-16-9(12-7-14-16)6-18-10(17)5-15-4-8(11)3-13-15/h3-4,7H,2,5-6,11H2,1H3. The molecule has 0 aliphatic carbocycles. The number of aryl methyl sites for hydroxylation is 1. The van der Waals surface area contributed by atoms with Crippen molar-refractivity contribution >= 4 is 11.7 Å².